The van der Waals surface area contributed by atoms with Crippen LogP contribution < -0.4 is 5.32 Å². The van der Waals surface area contributed by atoms with Crippen LogP contribution >= 0.6 is 0 Å². The molecule has 112 valence electrons. The fourth-order valence-corrected chi connectivity index (χ4v) is 2.73. The van der Waals surface area contributed by atoms with Gasteiger partial charge in [0.15, 0.2) is 0 Å². The summed E-state index contributed by atoms with van der Waals surface area (Å²) in [6.45, 7) is 2.85. The lowest BCUT2D eigenvalue weighted by molar-refractivity contribution is 0.0562. The van der Waals surface area contributed by atoms with Crippen molar-refractivity contribution in [3.63, 3.8) is 0 Å². The van der Waals surface area contributed by atoms with Crippen LogP contribution in [-0.4, -0.2) is 30.3 Å². The number of aliphatic hydroxyl groups is 1. The van der Waals surface area contributed by atoms with Gasteiger partial charge in [-0.25, -0.2) is 4.79 Å². The van der Waals surface area contributed by atoms with Crippen LogP contribution in [0.1, 0.15) is 48.7 Å². The van der Waals surface area contributed by atoms with Gasteiger partial charge in [0.2, 0.25) is 5.76 Å². The number of nitrogens with one attached hydrogen (secondary N) is 1. The molecule has 1 aromatic heterocycles. The molecule has 0 bridgehead atoms. The maximum Gasteiger partial charge on any atom is 0.374 e. The smallest absolute Gasteiger partial charge is 0.374 e. The van der Waals surface area contributed by atoms with Crippen LogP contribution in [0.5, 0.6) is 0 Å². The van der Waals surface area contributed by atoms with Gasteiger partial charge in [0.1, 0.15) is 0 Å². The first-order chi connectivity index (χ1) is 9.60. The zero-order valence-electron chi connectivity index (χ0n) is 12.1. The van der Waals surface area contributed by atoms with Gasteiger partial charge in [-0.3, -0.25) is 0 Å². The number of esters is 1. The summed E-state index contributed by atoms with van der Waals surface area (Å²) in [5, 5.41) is 13.1. The largest absolute Gasteiger partial charge is 0.463 e. The van der Waals surface area contributed by atoms with Gasteiger partial charge in [0.05, 0.1) is 20.0 Å². The number of rotatable bonds is 5. The third-order valence-corrected chi connectivity index (χ3v) is 4.31. The summed E-state index contributed by atoms with van der Waals surface area (Å²) in [5.41, 5.74) is 0.528. The van der Waals surface area contributed by atoms with E-state index in [-0.39, 0.29) is 17.9 Å². The molecule has 0 aliphatic heterocycles. The first-order valence-corrected chi connectivity index (χ1v) is 7.11. The average Bonchev–Trinajstić information content (AvgIpc) is 2.95. The Kier molecular flexibility index (Phi) is 4.83. The third kappa shape index (κ3) is 3.22. The molecule has 0 radical (unpaired) electrons. The molecular formula is C15H23NO4. The molecule has 1 aliphatic rings. The van der Waals surface area contributed by atoms with E-state index in [9.17, 15) is 9.90 Å². The molecule has 0 spiro atoms. The van der Waals surface area contributed by atoms with E-state index in [0.717, 1.165) is 37.2 Å². The number of methoxy groups -OCH3 is 1. The van der Waals surface area contributed by atoms with Crippen molar-refractivity contribution in [2.75, 3.05) is 13.7 Å². The molecule has 0 amide bonds. The lowest BCUT2D eigenvalue weighted by atomic mass is 9.77. The van der Waals surface area contributed by atoms with E-state index in [1.807, 2.05) is 0 Å². The van der Waals surface area contributed by atoms with Crippen LogP contribution in [0, 0.1) is 5.92 Å². The Morgan fingerprint density at radius 3 is 2.85 bits per heavy atom. The SMILES string of the molecule is COC(=O)c1occc1CNC1(CO)CCC(C)CC1. The summed E-state index contributed by atoms with van der Waals surface area (Å²) in [5.74, 6) is 0.482. The van der Waals surface area contributed by atoms with Gasteiger partial charge in [-0.2, -0.15) is 0 Å². The Morgan fingerprint density at radius 1 is 1.55 bits per heavy atom. The van der Waals surface area contributed by atoms with Gasteiger partial charge in [0.25, 0.3) is 0 Å². The Bertz CT molecular complexity index is 446. The normalized spacial score (nSPS) is 26.4. The fraction of sp³-hybridized carbons (Fsp3) is 0.667. The molecule has 1 saturated carbocycles. The number of carbonyl (C=O) groups is 1. The first kappa shape index (κ1) is 15.1. The summed E-state index contributed by atoms with van der Waals surface area (Å²) in [7, 11) is 1.33. The Labute approximate surface area is 119 Å². The van der Waals surface area contributed by atoms with Crippen molar-refractivity contribution in [2.45, 2.75) is 44.7 Å². The number of hydrogen-bond donors (Lipinski definition) is 2. The molecular weight excluding hydrogens is 258 g/mol. The molecule has 2 N–H and O–H groups in total. The van der Waals surface area contributed by atoms with E-state index < -0.39 is 5.97 Å². The lowest BCUT2D eigenvalue weighted by Crippen LogP contribution is -2.50. The molecule has 0 atom stereocenters. The van der Waals surface area contributed by atoms with Crippen molar-refractivity contribution >= 4 is 5.97 Å². The van der Waals surface area contributed by atoms with Crippen molar-refractivity contribution in [1.82, 2.24) is 5.32 Å². The van der Waals surface area contributed by atoms with Crippen molar-refractivity contribution in [2.24, 2.45) is 5.92 Å². The minimum absolute atomic E-state index is 0.116. The highest BCUT2D eigenvalue weighted by molar-refractivity contribution is 5.87. The van der Waals surface area contributed by atoms with Gasteiger partial charge in [0, 0.05) is 17.6 Å². The standard InChI is InChI=1S/C15H23NO4/c1-11-3-6-15(10-17,7-4-11)16-9-12-5-8-20-13(12)14(18)19-2/h5,8,11,16-17H,3-4,6-7,9-10H2,1-2H3. The molecule has 2 rings (SSSR count). The summed E-state index contributed by atoms with van der Waals surface area (Å²) >= 11 is 0. The summed E-state index contributed by atoms with van der Waals surface area (Å²) < 4.78 is 9.85. The molecule has 5 heteroatoms. The van der Waals surface area contributed by atoms with E-state index in [0.29, 0.717) is 6.54 Å². The van der Waals surface area contributed by atoms with E-state index in [1.54, 1.807) is 6.07 Å². The van der Waals surface area contributed by atoms with Gasteiger partial charge in [-0.15, -0.1) is 0 Å². The third-order valence-electron chi connectivity index (χ3n) is 4.31. The minimum Gasteiger partial charge on any atom is -0.463 e. The van der Waals surface area contributed by atoms with E-state index >= 15 is 0 Å². The van der Waals surface area contributed by atoms with Gasteiger partial charge < -0.3 is 19.6 Å². The molecule has 5 nitrogen and oxygen atoms in total. The highest BCUT2D eigenvalue weighted by atomic mass is 16.5. The van der Waals surface area contributed by atoms with Crippen molar-refractivity contribution < 1.29 is 19.1 Å². The molecule has 1 fully saturated rings. The zero-order valence-corrected chi connectivity index (χ0v) is 12.1. The second-order valence-corrected chi connectivity index (χ2v) is 5.74. The highest BCUT2D eigenvalue weighted by Gasteiger charge is 2.33. The average molecular weight is 281 g/mol. The summed E-state index contributed by atoms with van der Waals surface area (Å²) in [4.78, 5) is 11.5. The topological polar surface area (TPSA) is 71.7 Å². The quantitative estimate of drug-likeness (QED) is 0.809. The minimum atomic E-state index is -0.470. The second kappa shape index (κ2) is 6.41. The fourth-order valence-electron chi connectivity index (χ4n) is 2.73. The maximum atomic E-state index is 11.5. The molecule has 0 unspecified atom stereocenters. The van der Waals surface area contributed by atoms with Crippen molar-refractivity contribution in [1.29, 1.82) is 0 Å². The van der Waals surface area contributed by atoms with Gasteiger partial charge in [-0.1, -0.05) is 6.92 Å². The Hall–Kier alpha value is -1.33. The molecule has 1 aromatic rings. The van der Waals surface area contributed by atoms with Gasteiger partial charge in [-0.05, 0) is 37.7 Å². The monoisotopic (exact) mass is 281 g/mol. The number of aliphatic hydroxyl groups excluding tert-OH is 1. The van der Waals surface area contributed by atoms with Crippen LogP contribution in [-0.2, 0) is 11.3 Å². The number of furan rings is 1. The van der Waals surface area contributed by atoms with Crippen LogP contribution in [0.25, 0.3) is 0 Å². The van der Waals surface area contributed by atoms with E-state index in [4.69, 9.17) is 4.42 Å². The van der Waals surface area contributed by atoms with Crippen LogP contribution in [0.4, 0.5) is 0 Å². The van der Waals surface area contributed by atoms with Crippen LogP contribution in [0.15, 0.2) is 16.7 Å². The first-order valence-electron chi connectivity index (χ1n) is 7.11. The lowest BCUT2D eigenvalue weighted by Gasteiger charge is -2.39. The van der Waals surface area contributed by atoms with E-state index in [2.05, 4.69) is 17.0 Å². The van der Waals surface area contributed by atoms with Crippen LogP contribution in [0.2, 0.25) is 0 Å². The van der Waals surface area contributed by atoms with E-state index in [1.165, 1.54) is 13.4 Å². The number of ether oxygens (including phenoxy) is 1. The predicted molar refractivity (Wildman–Crippen MR) is 74.3 cm³/mol. The molecule has 0 aromatic carbocycles. The summed E-state index contributed by atoms with van der Waals surface area (Å²) in [6.07, 6.45) is 5.62. The Balaban J connectivity index is 2.00. The van der Waals surface area contributed by atoms with Gasteiger partial charge >= 0.3 is 5.97 Å². The van der Waals surface area contributed by atoms with Crippen molar-refractivity contribution in [3.05, 3.63) is 23.7 Å². The maximum absolute atomic E-state index is 11.5. The molecule has 1 heterocycles. The molecule has 20 heavy (non-hydrogen) atoms. The molecule has 0 saturated heterocycles. The van der Waals surface area contributed by atoms with Crippen molar-refractivity contribution in [3.8, 4) is 0 Å². The Morgan fingerprint density at radius 2 is 2.25 bits per heavy atom. The van der Waals surface area contributed by atoms with Crippen LogP contribution in [0.3, 0.4) is 0 Å². The number of carbonyl (C=O) groups excluding carboxylic acids is 1. The second-order valence-electron chi connectivity index (χ2n) is 5.74. The molecule has 1 aliphatic carbocycles. The highest BCUT2D eigenvalue weighted by Crippen LogP contribution is 2.32. The zero-order chi connectivity index (χ0) is 14.6. The number of hydrogen-bond acceptors (Lipinski definition) is 5. The predicted octanol–water partition coefficient (Wildman–Crippen LogP) is 2.10. The summed E-state index contributed by atoms with van der Waals surface area (Å²) in [6, 6.07) is 1.76.